The molecule has 1 fully saturated rings. The van der Waals surface area contributed by atoms with Crippen molar-refractivity contribution < 1.29 is 17.9 Å². The third-order valence-corrected chi connectivity index (χ3v) is 6.56. The van der Waals surface area contributed by atoms with Gasteiger partial charge in [0, 0.05) is 6.54 Å². The molecule has 0 N–H and O–H groups in total. The van der Waals surface area contributed by atoms with Crippen molar-refractivity contribution in [1.82, 2.24) is 4.31 Å². The fraction of sp³-hybridized carbons (Fsp3) is 0.350. The summed E-state index contributed by atoms with van der Waals surface area (Å²) in [5.74, 6) is -0.486. The first-order valence-corrected chi connectivity index (χ1v) is 10.3. The topological polar surface area (TPSA) is 63.7 Å². The minimum Gasteiger partial charge on any atom is -0.460 e. The third-order valence-electron chi connectivity index (χ3n) is 4.64. The number of esters is 1. The van der Waals surface area contributed by atoms with Gasteiger partial charge in [0.1, 0.15) is 12.6 Å². The van der Waals surface area contributed by atoms with Crippen LogP contribution in [0.15, 0.2) is 59.5 Å². The van der Waals surface area contributed by atoms with Crippen molar-refractivity contribution in [2.24, 2.45) is 0 Å². The van der Waals surface area contributed by atoms with E-state index in [1.54, 1.807) is 12.1 Å². The molecule has 1 aliphatic rings. The highest BCUT2D eigenvalue weighted by molar-refractivity contribution is 7.89. The van der Waals surface area contributed by atoms with Crippen molar-refractivity contribution in [3.05, 3.63) is 65.7 Å². The average molecular weight is 373 g/mol. The zero-order valence-corrected chi connectivity index (χ0v) is 15.6. The quantitative estimate of drug-likeness (QED) is 0.730. The number of sulfonamides is 1. The fourth-order valence-corrected chi connectivity index (χ4v) is 4.77. The van der Waals surface area contributed by atoms with E-state index in [1.165, 1.54) is 4.31 Å². The normalized spacial score (nSPS) is 18.0. The molecule has 3 rings (SSSR count). The van der Waals surface area contributed by atoms with Crippen LogP contribution in [0.1, 0.15) is 30.9 Å². The Morgan fingerprint density at radius 1 is 1.08 bits per heavy atom. The summed E-state index contributed by atoms with van der Waals surface area (Å²) in [6.07, 6.45) is 1.98. The second-order valence-electron chi connectivity index (χ2n) is 6.36. The number of hydrogen-bond acceptors (Lipinski definition) is 4. The van der Waals surface area contributed by atoms with Gasteiger partial charge in [-0.3, -0.25) is 4.79 Å². The van der Waals surface area contributed by atoms with Crippen molar-refractivity contribution >= 4 is 16.0 Å². The highest BCUT2D eigenvalue weighted by atomic mass is 32.2. The first-order chi connectivity index (χ1) is 12.5. The van der Waals surface area contributed by atoms with Crippen LogP contribution in [-0.2, 0) is 32.6 Å². The lowest BCUT2D eigenvalue weighted by atomic mass is 10.2. The molecule has 1 atom stereocenters. The summed E-state index contributed by atoms with van der Waals surface area (Å²) < 4.78 is 32.5. The summed E-state index contributed by atoms with van der Waals surface area (Å²) in [4.78, 5) is 12.7. The van der Waals surface area contributed by atoms with Crippen molar-refractivity contribution in [2.75, 3.05) is 6.54 Å². The monoisotopic (exact) mass is 373 g/mol. The minimum atomic E-state index is -3.71. The molecule has 138 valence electrons. The van der Waals surface area contributed by atoms with E-state index < -0.39 is 22.0 Å². The van der Waals surface area contributed by atoms with E-state index in [9.17, 15) is 13.2 Å². The predicted octanol–water partition coefficient (Wildman–Crippen LogP) is 3.15. The Morgan fingerprint density at radius 2 is 1.77 bits per heavy atom. The number of rotatable bonds is 6. The van der Waals surface area contributed by atoms with Gasteiger partial charge >= 0.3 is 5.97 Å². The number of carbonyl (C=O) groups is 1. The van der Waals surface area contributed by atoms with Gasteiger partial charge < -0.3 is 4.74 Å². The summed E-state index contributed by atoms with van der Waals surface area (Å²) in [6.45, 7) is 2.50. The lowest BCUT2D eigenvalue weighted by Crippen LogP contribution is -2.41. The molecule has 6 heteroatoms. The van der Waals surface area contributed by atoms with Gasteiger partial charge in [-0.25, -0.2) is 8.42 Å². The molecule has 1 saturated heterocycles. The maximum atomic E-state index is 12.9. The Hall–Kier alpha value is -2.18. The van der Waals surface area contributed by atoms with Crippen LogP contribution >= 0.6 is 0 Å². The highest BCUT2D eigenvalue weighted by Gasteiger charge is 2.40. The van der Waals surface area contributed by atoms with E-state index in [0.717, 1.165) is 17.5 Å². The molecule has 2 aromatic rings. The molecule has 0 spiro atoms. The van der Waals surface area contributed by atoms with Gasteiger partial charge in [0.2, 0.25) is 10.0 Å². The van der Waals surface area contributed by atoms with Crippen molar-refractivity contribution in [1.29, 1.82) is 0 Å². The van der Waals surface area contributed by atoms with Crippen LogP contribution in [0.25, 0.3) is 0 Å². The summed E-state index contributed by atoms with van der Waals surface area (Å²) in [5.41, 5.74) is 1.95. The SMILES string of the molecule is CCc1ccc(S(=O)(=O)N2CCCC2C(=O)OCc2ccccc2)cc1. The Balaban J connectivity index is 1.72. The number of carbonyl (C=O) groups excluding carboxylic acids is 1. The van der Waals surface area contributed by atoms with Gasteiger partial charge in [0.05, 0.1) is 4.90 Å². The largest absolute Gasteiger partial charge is 0.460 e. The van der Waals surface area contributed by atoms with Crippen molar-refractivity contribution in [3.63, 3.8) is 0 Å². The van der Waals surface area contributed by atoms with Crippen LogP contribution < -0.4 is 0 Å². The predicted molar refractivity (Wildman–Crippen MR) is 99.0 cm³/mol. The third kappa shape index (κ3) is 3.97. The maximum Gasteiger partial charge on any atom is 0.324 e. The molecule has 1 unspecified atom stereocenters. The van der Waals surface area contributed by atoms with Crippen molar-refractivity contribution in [2.45, 2.75) is 43.7 Å². The molecular formula is C20H23NO4S. The number of nitrogens with zero attached hydrogens (tertiary/aromatic N) is 1. The van der Waals surface area contributed by atoms with E-state index in [4.69, 9.17) is 4.74 Å². The van der Waals surface area contributed by atoms with E-state index in [-0.39, 0.29) is 11.5 Å². The summed E-state index contributed by atoms with van der Waals surface area (Å²) >= 11 is 0. The summed E-state index contributed by atoms with van der Waals surface area (Å²) in [6, 6.07) is 15.5. The average Bonchev–Trinajstić information content (AvgIpc) is 3.18. The molecule has 5 nitrogen and oxygen atoms in total. The number of aryl methyl sites for hydroxylation is 1. The number of ether oxygens (including phenoxy) is 1. The number of benzene rings is 2. The lowest BCUT2D eigenvalue weighted by Gasteiger charge is -2.23. The van der Waals surface area contributed by atoms with Gasteiger partial charge in [0.15, 0.2) is 0 Å². The van der Waals surface area contributed by atoms with E-state index in [1.807, 2.05) is 49.4 Å². The second kappa shape index (κ2) is 8.01. The van der Waals surface area contributed by atoms with Gasteiger partial charge in [-0.1, -0.05) is 49.4 Å². The zero-order valence-electron chi connectivity index (χ0n) is 14.8. The fourth-order valence-electron chi connectivity index (χ4n) is 3.12. The molecule has 1 aliphatic heterocycles. The molecule has 1 heterocycles. The minimum absolute atomic E-state index is 0.148. The molecule has 0 aliphatic carbocycles. The molecule has 0 amide bonds. The first kappa shape index (κ1) is 18.6. The van der Waals surface area contributed by atoms with Crippen LogP contribution in [-0.4, -0.2) is 31.3 Å². The van der Waals surface area contributed by atoms with Gasteiger partial charge in [-0.2, -0.15) is 4.31 Å². The van der Waals surface area contributed by atoms with E-state index in [2.05, 4.69) is 0 Å². The van der Waals surface area contributed by atoms with Crippen LogP contribution in [0.2, 0.25) is 0 Å². The Kier molecular flexibility index (Phi) is 5.74. The van der Waals surface area contributed by atoms with E-state index in [0.29, 0.717) is 19.4 Å². The second-order valence-corrected chi connectivity index (χ2v) is 8.26. The molecule has 0 saturated carbocycles. The van der Waals surface area contributed by atoms with Crippen molar-refractivity contribution in [3.8, 4) is 0 Å². The molecule has 0 aromatic heterocycles. The molecule has 0 radical (unpaired) electrons. The Labute approximate surface area is 154 Å². The molecule has 26 heavy (non-hydrogen) atoms. The molecule has 0 bridgehead atoms. The molecular weight excluding hydrogens is 350 g/mol. The van der Waals surface area contributed by atoms with E-state index >= 15 is 0 Å². The Bertz CT molecular complexity index is 847. The highest BCUT2D eigenvalue weighted by Crippen LogP contribution is 2.27. The van der Waals surface area contributed by atoms with Crippen LogP contribution in [0, 0.1) is 0 Å². The van der Waals surface area contributed by atoms with Crippen LogP contribution in [0.3, 0.4) is 0 Å². The maximum absolute atomic E-state index is 12.9. The van der Waals surface area contributed by atoms with Crippen LogP contribution in [0.5, 0.6) is 0 Å². The zero-order chi connectivity index (χ0) is 18.6. The van der Waals surface area contributed by atoms with Gasteiger partial charge in [-0.05, 0) is 42.5 Å². The first-order valence-electron chi connectivity index (χ1n) is 8.83. The summed E-state index contributed by atoms with van der Waals surface area (Å²) in [7, 11) is -3.71. The van der Waals surface area contributed by atoms with Gasteiger partial charge in [0.25, 0.3) is 0 Å². The smallest absolute Gasteiger partial charge is 0.324 e. The summed E-state index contributed by atoms with van der Waals surface area (Å²) in [5, 5.41) is 0. The Morgan fingerprint density at radius 3 is 2.42 bits per heavy atom. The van der Waals surface area contributed by atoms with Gasteiger partial charge in [-0.15, -0.1) is 0 Å². The lowest BCUT2D eigenvalue weighted by molar-refractivity contribution is -0.148. The van der Waals surface area contributed by atoms with Crippen LogP contribution in [0.4, 0.5) is 0 Å². The molecule has 2 aromatic carbocycles. The number of hydrogen-bond donors (Lipinski definition) is 0. The standard InChI is InChI=1S/C20H23NO4S/c1-2-16-10-12-18(13-11-16)26(23,24)21-14-6-9-19(21)20(22)25-15-17-7-4-3-5-8-17/h3-5,7-8,10-13,19H,2,6,9,14-15H2,1H3.